The number of methoxy groups -OCH3 is 1. The molecule has 0 aliphatic carbocycles. The second-order valence-corrected chi connectivity index (χ2v) is 9.49. The summed E-state index contributed by atoms with van der Waals surface area (Å²) >= 11 is 1.55. The number of amides is 1. The van der Waals surface area contributed by atoms with E-state index in [9.17, 15) is 4.79 Å². The average Bonchev–Trinajstić information content (AvgIpc) is 3.03. The second-order valence-electron chi connectivity index (χ2n) is 8.43. The molecule has 1 aliphatic rings. The fourth-order valence-electron chi connectivity index (χ4n) is 4.31. The molecular weight excluding hydrogens is 474 g/mol. The molecule has 4 rings (SSSR count). The van der Waals surface area contributed by atoms with E-state index >= 15 is 0 Å². The van der Waals surface area contributed by atoms with Crippen LogP contribution in [0.2, 0.25) is 0 Å². The van der Waals surface area contributed by atoms with E-state index in [0.29, 0.717) is 28.2 Å². The van der Waals surface area contributed by atoms with Crippen molar-refractivity contribution in [1.82, 2.24) is 15.2 Å². The van der Waals surface area contributed by atoms with Gasteiger partial charge in [0.1, 0.15) is 5.75 Å². The van der Waals surface area contributed by atoms with Crippen molar-refractivity contribution >= 4 is 29.0 Å². The number of thioether (sulfide) groups is 1. The highest BCUT2D eigenvalue weighted by molar-refractivity contribution is 7.99. The van der Waals surface area contributed by atoms with Crippen molar-refractivity contribution in [3.05, 3.63) is 48.0 Å². The number of hydrogen-bond acceptors (Lipinski definition) is 8. The molecule has 2 heterocycles. The largest absolute Gasteiger partial charge is 0.496 e. The first kappa shape index (κ1) is 25.8. The van der Waals surface area contributed by atoms with E-state index in [0.717, 1.165) is 48.5 Å². The molecular formula is C27H33N5O3S. The van der Waals surface area contributed by atoms with Gasteiger partial charge in [0.05, 0.1) is 18.4 Å². The molecule has 0 spiro atoms. The van der Waals surface area contributed by atoms with Crippen molar-refractivity contribution in [1.29, 1.82) is 0 Å². The normalized spacial score (nSPS) is 14.4. The SMILES string of the molecule is CCCCSc1nnc2c(n1)OC(c1ccc(N(CC)CC)cc1OC)N(C(C)=O)c1ccccc1-2. The molecule has 0 saturated carbocycles. The number of carbonyl (C=O) groups excluding carboxylic acids is 1. The fraction of sp³-hybridized carbons (Fsp3) is 0.407. The molecule has 1 atom stereocenters. The van der Waals surface area contributed by atoms with Gasteiger partial charge in [-0.3, -0.25) is 9.69 Å². The van der Waals surface area contributed by atoms with Crippen molar-refractivity contribution in [2.45, 2.75) is 51.9 Å². The van der Waals surface area contributed by atoms with Crippen LogP contribution in [0.3, 0.4) is 0 Å². The topological polar surface area (TPSA) is 80.7 Å². The zero-order chi connectivity index (χ0) is 25.7. The van der Waals surface area contributed by atoms with Crippen LogP contribution in [-0.4, -0.2) is 47.0 Å². The van der Waals surface area contributed by atoms with Crippen molar-refractivity contribution in [2.24, 2.45) is 0 Å². The standard InChI is InChI=1S/C27H33N5O3S/c1-6-9-16-36-27-28-25-24(29-30-27)20-12-10-11-13-22(20)32(18(4)33)26(35-25)21-15-14-19(17-23(21)34-5)31(7-2)8-3/h10-15,17,26H,6-9,16H2,1-5H3. The van der Waals surface area contributed by atoms with Crippen molar-refractivity contribution in [3.63, 3.8) is 0 Å². The van der Waals surface area contributed by atoms with Crippen molar-refractivity contribution in [3.8, 4) is 22.9 Å². The molecule has 36 heavy (non-hydrogen) atoms. The Kier molecular flexibility index (Phi) is 8.30. The lowest BCUT2D eigenvalue weighted by Crippen LogP contribution is -2.36. The van der Waals surface area contributed by atoms with E-state index in [1.54, 1.807) is 23.8 Å². The van der Waals surface area contributed by atoms with E-state index in [-0.39, 0.29) is 5.91 Å². The quantitative estimate of drug-likeness (QED) is 0.268. The van der Waals surface area contributed by atoms with Crippen LogP contribution in [0, 0.1) is 0 Å². The molecule has 8 nitrogen and oxygen atoms in total. The smallest absolute Gasteiger partial charge is 0.247 e. The van der Waals surface area contributed by atoms with Gasteiger partial charge in [-0.1, -0.05) is 43.3 Å². The number of unbranched alkanes of at least 4 members (excludes halogenated alkanes) is 1. The predicted octanol–water partition coefficient (Wildman–Crippen LogP) is 5.73. The third kappa shape index (κ3) is 5.11. The number of carbonyl (C=O) groups is 1. The first-order valence-corrected chi connectivity index (χ1v) is 13.4. The minimum Gasteiger partial charge on any atom is -0.496 e. The Bertz CT molecular complexity index is 1220. The van der Waals surface area contributed by atoms with E-state index < -0.39 is 6.23 Å². The van der Waals surface area contributed by atoms with E-state index in [1.165, 1.54) is 6.92 Å². The Morgan fingerprint density at radius 3 is 2.61 bits per heavy atom. The number of fused-ring (bicyclic) bond motifs is 3. The third-order valence-corrected chi connectivity index (χ3v) is 7.12. The Morgan fingerprint density at radius 2 is 1.92 bits per heavy atom. The highest BCUT2D eigenvalue weighted by atomic mass is 32.2. The zero-order valence-corrected chi connectivity index (χ0v) is 22.3. The Balaban J connectivity index is 1.86. The molecule has 190 valence electrons. The molecule has 0 saturated heterocycles. The van der Waals surface area contributed by atoms with Crippen LogP contribution < -0.4 is 19.3 Å². The number of aromatic nitrogens is 3. The molecule has 0 N–H and O–H groups in total. The van der Waals surface area contributed by atoms with Gasteiger partial charge in [-0.15, -0.1) is 10.2 Å². The number of nitrogens with zero attached hydrogens (tertiary/aromatic N) is 5. The van der Waals surface area contributed by atoms with Crippen LogP contribution >= 0.6 is 11.8 Å². The number of ether oxygens (including phenoxy) is 2. The lowest BCUT2D eigenvalue weighted by Gasteiger charge is -2.31. The summed E-state index contributed by atoms with van der Waals surface area (Å²) in [5.41, 5.74) is 3.71. The summed E-state index contributed by atoms with van der Waals surface area (Å²) in [7, 11) is 1.63. The number of anilines is 2. The monoisotopic (exact) mass is 507 g/mol. The molecule has 0 bridgehead atoms. The molecule has 1 amide bonds. The lowest BCUT2D eigenvalue weighted by atomic mass is 10.1. The summed E-state index contributed by atoms with van der Waals surface area (Å²) in [5, 5.41) is 9.39. The molecule has 1 aromatic heterocycles. The van der Waals surface area contributed by atoms with Gasteiger partial charge in [0.2, 0.25) is 23.2 Å². The van der Waals surface area contributed by atoms with Gasteiger partial charge in [0, 0.05) is 43.1 Å². The minimum absolute atomic E-state index is 0.166. The predicted molar refractivity (Wildman–Crippen MR) is 144 cm³/mol. The summed E-state index contributed by atoms with van der Waals surface area (Å²) in [6.07, 6.45) is 1.36. The number of hydrogen-bond donors (Lipinski definition) is 0. The van der Waals surface area contributed by atoms with Gasteiger partial charge in [-0.05, 0) is 38.5 Å². The van der Waals surface area contributed by atoms with E-state index in [1.807, 2.05) is 42.5 Å². The van der Waals surface area contributed by atoms with E-state index in [2.05, 4.69) is 35.9 Å². The van der Waals surface area contributed by atoms with Crippen LogP contribution in [0.4, 0.5) is 11.4 Å². The van der Waals surface area contributed by atoms with Crippen LogP contribution in [-0.2, 0) is 4.79 Å². The minimum atomic E-state index is -0.796. The van der Waals surface area contributed by atoms with Crippen LogP contribution in [0.1, 0.15) is 52.3 Å². The van der Waals surface area contributed by atoms with Crippen molar-refractivity contribution in [2.75, 3.05) is 35.8 Å². The van der Waals surface area contributed by atoms with Crippen LogP contribution in [0.5, 0.6) is 11.6 Å². The van der Waals surface area contributed by atoms with Crippen molar-refractivity contribution < 1.29 is 14.3 Å². The maximum atomic E-state index is 13.1. The highest BCUT2D eigenvalue weighted by Crippen LogP contribution is 2.45. The molecule has 9 heteroatoms. The second kappa shape index (κ2) is 11.6. The average molecular weight is 508 g/mol. The van der Waals surface area contributed by atoms with Crippen LogP contribution in [0.15, 0.2) is 47.6 Å². The van der Waals surface area contributed by atoms with Gasteiger partial charge in [-0.25, -0.2) is 0 Å². The molecule has 0 radical (unpaired) electrons. The maximum absolute atomic E-state index is 13.1. The Hall–Kier alpha value is -3.33. The van der Waals surface area contributed by atoms with Gasteiger partial charge in [-0.2, -0.15) is 4.98 Å². The number of benzene rings is 2. The Labute approximate surface area is 217 Å². The summed E-state index contributed by atoms with van der Waals surface area (Å²) in [6.45, 7) is 9.67. The third-order valence-electron chi connectivity index (χ3n) is 6.19. The first-order valence-electron chi connectivity index (χ1n) is 12.4. The van der Waals surface area contributed by atoms with E-state index in [4.69, 9.17) is 14.5 Å². The van der Waals surface area contributed by atoms with Crippen LogP contribution in [0.25, 0.3) is 11.3 Å². The van der Waals surface area contributed by atoms with Gasteiger partial charge in [0.25, 0.3) is 0 Å². The number of rotatable bonds is 9. The van der Waals surface area contributed by atoms with Gasteiger partial charge in [0.15, 0.2) is 5.69 Å². The number of para-hydroxylation sites is 1. The van der Waals surface area contributed by atoms with Gasteiger partial charge < -0.3 is 14.4 Å². The summed E-state index contributed by atoms with van der Waals surface area (Å²) < 4.78 is 12.3. The molecule has 0 fully saturated rings. The fourth-order valence-corrected chi connectivity index (χ4v) is 5.17. The summed E-state index contributed by atoms with van der Waals surface area (Å²) in [6, 6.07) is 13.6. The molecule has 1 unspecified atom stereocenters. The highest BCUT2D eigenvalue weighted by Gasteiger charge is 2.36. The summed E-state index contributed by atoms with van der Waals surface area (Å²) in [5.74, 6) is 1.72. The zero-order valence-electron chi connectivity index (χ0n) is 21.5. The lowest BCUT2D eigenvalue weighted by molar-refractivity contribution is -0.118. The molecule has 3 aromatic rings. The first-order chi connectivity index (χ1) is 17.5. The Morgan fingerprint density at radius 1 is 1.14 bits per heavy atom. The summed E-state index contributed by atoms with van der Waals surface area (Å²) in [4.78, 5) is 21.7. The maximum Gasteiger partial charge on any atom is 0.247 e. The molecule has 1 aliphatic heterocycles. The molecule has 2 aromatic carbocycles. The van der Waals surface area contributed by atoms with Gasteiger partial charge >= 0.3 is 0 Å².